The summed E-state index contributed by atoms with van der Waals surface area (Å²) in [6.45, 7) is 0. The number of hydrogen-bond donors (Lipinski definition) is 0. The minimum atomic E-state index is -1.58. The van der Waals surface area contributed by atoms with Gasteiger partial charge in [-0.3, -0.25) is 19.7 Å². The van der Waals surface area contributed by atoms with E-state index in [2.05, 4.69) is 0 Å². The van der Waals surface area contributed by atoms with Gasteiger partial charge in [0.1, 0.15) is 0 Å². The molecule has 3 fully saturated rings. The maximum atomic E-state index is 12.8. The fourth-order valence-corrected chi connectivity index (χ4v) is 4.64. The van der Waals surface area contributed by atoms with Crippen molar-refractivity contribution >= 4 is 29.2 Å². The van der Waals surface area contributed by atoms with Crippen LogP contribution in [-0.4, -0.2) is 22.7 Å². The molecule has 3 aliphatic rings. The average Bonchev–Trinajstić information content (AvgIpc) is 3.20. The van der Waals surface area contributed by atoms with E-state index in [1.807, 2.05) is 0 Å². The van der Waals surface area contributed by atoms with Crippen LogP contribution in [0.1, 0.15) is 29.6 Å². The fraction of sp³-hybridized carbons (Fsp3) is 0.438. The van der Waals surface area contributed by atoms with E-state index in [0.717, 1.165) is 42.4 Å². The van der Waals surface area contributed by atoms with E-state index in [1.165, 1.54) is 0 Å². The van der Waals surface area contributed by atoms with Crippen molar-refractivity contribution in [1.29, 1.82) is 0 Å². The molecule has 2 saturated carbocycles. The van der Waals surface area contributed by atoms with Gasteiger partial charge in [0.05, 0.1) is 28.4 Å². The van der Waals surface area contributed by atoms with Gasteiger partial charge >= 0.3 is 0 Å². The highest BCUT2D eigenvalue weighted by Gasteiger charge is 2.61. The number of carbonyl (C=O) groups is 3. The largest absolute Gasteiger partial charge is 0.545 e. The summed E-state index contributed by atoms with van der Waals surface area (Å²) >= 11 is 0. The van der Waals surface area contributed by atoms with Gasteiger partial charge in [-0.25, -0.2) is 4.90 Å². The monoisotopic (exact) mass is 329 g/mol. The van der Waals surface area contributed by atoms with E-state index in [4.69, 9.17) is 0 Å². The molecule has 1 aliphatic heterocycles. The van der Waals surface area contributed by atoms with Crippen LogP contribution in [0.2, 0.25) is 0 Å². The molecule has 1 saturated heterocycles. The van der Waals surface area contributed by atoms with Gasteiger partial charge in [-0.15, -0.1) is 0 Å². The first-order chi connectivity index (χ1) is 11.4. The standard InChI is InChI=1S/C16H14N2O6/c19-14-12-7-1-2-8(5-7)13(12)15(20)17(14)11-6-9(18(23)24)3-4-10(11)16(21)22/h3-4,6-8,12-13H,1-2,5H2,(H,21,22)/p-1/t7-,8-,12-,13-/m0/s1. The number of aromatic carboxylic acids is 1. The lowest BCUT2D eigenvalue weighted by Crippen LogP contribution is -2.35. The van der Waals surface area contributed by atoms with Crippen LogP contribution in [0.15, 0.2) is 18.2 Å². The van der Waals surface area contributed by atoms with Crippen LogP contribution in [0.3, 0.4) is 0 Å². The zero-order chi connectivity index (χ0) is 17.2. The Bertz CT molecular complexity index is 776. The Hall–Kier alpha value is -2.77. The lowest BCUT2D eigenvalue weighted by Gasteiger charge is -2.20. The van der Waals surface area contributed by atoms with E-state index < -0.39 is 40.1 Å². The number of imide groups is 1. The van der Waals surface area contributed by atoms with E-state index in [9.17, 15) is 29.6 Å². The lowest BCUT2D eigenvalue weighted by molar-refractivity contribution is -0.384. The Kier molecular flexibility index (Phi) is 3.00. The molecule has 1 aromatic rings. The number of carboxylic acid groups (broad SMARTS) is 1. The molecule has 8 heteroatoms. The van der Waals surface area contributed by atoms with Crippen LogP contribution in [0, 0.1) is 33.8 Å². The van der Waals surface area contributed by atoms with Gasteiger partial charge in [0.25, 0.3) is 5.69 Å². The Labute approximate surface area is 136 Å². The third kappa shape index (κ3) is 1.82. The van der Waals surface area contributed by atoms with Crippen molar-refractivity contribution in [2.24, 2.45) is 23.7 Å². The predicted molar refractivity (Wildman–Crippen MR) is 77.7 cm³/mol. The molecule has 1 heterocycles. The first-order valence-electron chi connectivity index (χ1n) is 7.77. The highest BCUT2D eigenvalue weighted by Crippen LogP contribution is 2.56. The van der Waals surface area contributed by atoms with Gasteiger partial charge in [0, 0.05) is 17.7 Å². The summed E-state index contributed by atoms with van der Waals surface area (Å²) in [7, 11) is 0. The average molecular weight is 329 g/mol. The molecule has 0 N–H and O–H groups in total. The lowest BCUT2D eigenvalue weighted by atomic mass is 9.81. The second-order valence-electron chi connectivity index (χ2n) is 6.64. The van der Waals surface area contributed by atoms with Crippen molar-refractivity contribution in [1.82, 2.24) is 0 Å². The van der Waals surface area contributed by atoms with Crippen LogP contribution in [0.4, 0.5) is 11.4 Å². The van der Waals surface area contributed by atoms with Gasteiger partial charge in [0.15, 0.2) is 0 Å². The van der Waals surface area contributed by atoms with Crippen LogP contribution < -0.4 is 10.0 Å². The van der Waals surface area contributed by atoms with Crippen LogP contribution in [0.5, 0.6) is 0 Å². The second-order valence-corrected chi connectivity index (χ2v) is 6.64. The van der Waals surface area contributed by atoms with Gasteiger partial charge in [-0.05, 0) is 37.2 Å². The summed E-state index contributed by atoms with van der Waals surface area (Å²) in [5.41, 5.74) is -1.03. The van der Waals surface area contributed by atoms with Gasteiger partial charge in [0.2, 0.25) is 11.8 Å². The fourth-order valence-electron chi connectivity index (χ4n) is 4.64. The Morgan fingerprint density at radius 1 is 1.12 bits per heavy atom. The smallest absolute Gasteiger partial charge is 0.271 e. The summed E-state index contributed by atoms with van der Waals surface area (Å²) in [5.74, 6) is -3.03. The number of anilines is 1. The molecular formula is C16H13N2O6-. The van der Waals surface area contributed by atoms with Crippen molar-refractivity contribution in [2.75, 3.05) is 4.90 Å². The molecule has 2 bridgehead atoms. The first kappa shape index (κ1) is 14.8. The maximum absolute atomic E-state index is 12.8. The minimum Gasteiger partial charge on any atom is -0.545 e. The van der Waals surface area contributed by atoms with E-state index in [1.54, 1.807) is 0 Å². The van der Waals surface area contributed by atoms with Gasteiger partial charge < -0.3 is 9.90 Å². The molecule has 0 unspecified atom stereocenters. The van der Waals surface area contributed by atoms with Crippen molar-refractivity contribution < 1.29 is 24.4 Å². The molecule has 4 atom stereocenters. The number of carbonyl (C=O) groups excluding carboxylic acids is 3. The van der Waals surface area contributed by atoms with Crippen LogP contribution in [0.25, 0.3) is 0 Å². The molecule has 4 rings (SSSR count). The maximum Gasteiger partial charge on any atom is 0.271 e. The van der Waals surface area contributed by atoms with Crippen molar-refractivity contribution in [3.8, 4) is 0 Å². The number of hydrogen-bond acceptors (Lipinski definition) is 6. The highest BCUT2D eigenvalue weighted by molar-refractivity contribution is 6.24. The van der Waals surface area contributed by atoms with E-state index in [-0.39, 0.29) is 23.2 Å². The first-order valence-corrected chi connectivity index (χ1v) is 7.77. The number of rotatable bonds is 3. The molecule has 124 valence electrons. The summed E-state index contributed by atoms with van der Waals surface area (Å²) in [5, 5.41) is 22.3. The highest BCUT2D eigenvalue weighted by atomic mass is 16.6. The number of nitro benzene ring substituents is 1. The molecule has 2 amide bonds. The van der Waals surface area contributed by atoms with E-state index >= 15 is 0 Å². The Morgan fingerprint density at radius 2 is 1.71 bits per heavy atom. The molecule has 8 nitrogen and oxygen atoms in total. The van der Waals surface area contributed by atoms with Crippen LogP contribution >= 0.6 is 0 Å². The normalized spacial score (nSPS) is 30.8. The Morgan fingerprint density at radius 3 is 2.21 bits per heavy atom. The quantitative estimate of drug-likeness (QED) is 0.452. The third-order valence-corrected chi connectivity index (χ3v) is 5.58. The third-order valence-electron chi connectivity index (χ3n) is 5.58. The summed E-state index contributed by atoms with van der Waals surface area (Å²) in [6.07, 6.45) is 2.63. The molecular weight excluding hydrogens is 316 g/mol. The van der Waals surface area contributed by atoms with Crippen molar-refractivity contribution in [2.45, 2.75) is 19.3 Å². The summed E-state index contributed by atoms with van der Waals surface area (Å²) < 4.78 is 0. The number of non-ortho nitro benzene ring substituents is 1. The van der Waals surface area contributed by atoms with E-state index in [0.29, 0.717) is 0 Å². The Balaban J connectivity index is 1.82. The van der Waals surface area contributed by atoms with Crippen molar-refractivity contribution in [3.63, 3.8) is 0 Å². The predicted octanol–water partition coefficient (Wildman–Crippen LogP) is 0.494. The zero-order valence-corrected chi connectivity index (χ0v) is 12.5. The van der Waals surface area contributed by atoms with Gasteiger partial charge in [-0.2, -0.15) is 0 Å². The number of benzene rings is 1. The summed E-state index contributed by atoms with van der Waals surface area (Å²) in [6, 6.07) is 2.99. The number of nitrogens with zero attached hydrogens (tertiary/aromatic N) is 2. The number of amides is 2. The molecule has 0 radical (unpaired) electrons. The molecule has 0 spiro atoms. The number of fused-ring (bicyclic) bond motifs is 5. The molecule has 0 aromatic heterocycles. The number of nitro groups is 1. The number of carboxylic acids is 1. The SMILES string of the molecule is O=C([O-])c1ccc([N+](=O)[O-])cc1N1C(=O)[C@H]2[C@H]3CC[C@@H](C3)[C@@H]2C1=O. The zero-order valence-electron chi connectivity index (χ0n) is 12.5. The van der Waals surface area contributed by atoms with Crippen molar-refractivity contribution in [3.05, 3.63) is 33.9 Å². The minimum absolute atomic E-state index is 0.145. The van der Waals surface area contributed by atoms with Gasteiger partial charge in [-0.1, -0.05) is 0 Å². The summed E-state index contributed by atoms with van der Waals surface area (Å²) in [4.78, 5) is 48.0. The van der Waals surface area contributed by atoms with Crippen LogP contribution in [-0.2, 0) is 9.59 Å². The molecule has 24 heavy (non-hydrogen) atoms. The topological polar surface area (TPSA) is 121 Å². The second kappa shape index (κ2) is 4.86. The molecule has 2 aliphatic carbocycles. The molecule has 1 aromatic carbocycles.